The van der Waals surface area contributed by atoms with Crippen molar-refractivity contribution in [2.24, 2.45) is 0 Å². The van der Waals surface area contributed by atoms with E-state index < -0.39 is 18.4 Å². The van der Waals surface area contributed by atoms with Gasteiger partial charge in [-0.25, -0.2) is 4.79 Å². The van der Waals surface area contributed by atoms with Crippen molar-refractivity contribution in [3.63, 3.8) is 0 Å². The molecule has 3 aromatic heterocycles. The van der Waals surface area contributed by atoms with E-state index in [2.05, 4.69) is 20.4 Å². The van der Waals surface area contributed by atoms with Gasteiger partial charge < -0.3 is 9.72 Å². The lowest BCUT2D eigenvalue weighted by Gasteiger charge is -2.03. The third kappa shape index (κ3) is 4.00. The molecule has 0 unspecified atom stereocenters. The molecule has 0 aliphatic heterocycles. The molecule has 0 fully saturated rings. The van der Waals surface area contributed by atoms with Crippen LogP contribution in [0.15, 0.2) is 17.5 Å². The number of hydrogen-bond donors (Lipinski definition) is 1. The van der Waals surface area contributed by atoms with E-state index in [9.17, 15) is 14.4 Å². The van der Waals surface area contributed by atoms with Crippen LogP contribution in [0.25, 0.3) is 10.7 Å². The zero-order valence-electron chi connectivity index (χ0n) is 15.0. The number of ether oxygens (including phenoxy) is 1. The molecule has 0 radical (unpaired) electrons. The molecule has 0 atom stereocenters. The van der Waals surface area contributed by atoms with Crippen molar-refractivity contribution < 1.29 is 19.1 Å². The fraction of sp³-hybridized carbons (Fsp3) is 0.294. The molecule has 0 aromatic carbocycles. The molecule has 3 aromatic rings. The highest BCUT2D eigenvalue weighted by molar-refractivity contribution is 7.13. The van der Waals surface area contributed by atoms with Gasteiger partial charge in [0.25, 0.3) is 0 Å². The minimum absolute atomic E-state index is 0.129. The number of ketones is 2. The summed E-state index contributed by atoms with van der Waals surface area (Å²) in [6.45, 7) is 4.14. The first-order chi connectivity index (χ1) is 12.9. The zero-order chi connectivity index (χ0) is 19.6. The van der Waals surface area contributed by atoms with E-state index in [-0.39, 0.29) is 18.0 Å². The van der Waals surface area contributed by atoms with Crippen LogP contribution < -0.4 is 0 Å². The lowest BCUT2D eigenvalue weighted by molar-refractivity contribution is -0.143. The van der Waals surface area contributed by atoms with Gasteiger partial charge in [-0.1, -0.05) is 6.07 Å². The molecule has 0 spiro atoms. The first-order valence-electron chi connectivity index (χ1n) is 8.07. The van der Waals surface area contributed by atoms with E-state index in [1.165, 1.54) is 18.3 Å². The lowest BCUT2D eigenvalue weighted by Crippen LogP contribution is -2.20. The average Bonchev–Trinajstić information content (AvgIpc) is 3.32. The van der Waals surface area contributed by atoms with Crippen LogP contribution in [0.5, 0.6) is 0 Å². The monoisotopic (exact) mass is 387 g/mol. The van der Waals surface area contributed by atoms with Crippen LogP contribution >= 0.6 is 11.3 Å². The fourth-order valence-electron chi connectivity index (χ4n) is 2.75. The molecule has 0 saturated carbocycles. The Bertz CT molecular complexity index is 1000. The van der Waals surface area contributed by atoms with Gasteiger partial charge in [-0.3, -0.25) is 9.59 Å². The van der Waals surface area contributed by atoms with E-state index in [0.29, 0.717) is 22.6 Å². The van der Waals surface area contributed by atoms with Crippen LogP contribution in [-0.4, -0.2) is 49.3 Å². The maximum atomic E-state index is 12.3. The van der Waals surface area contributed by atoms with Crippen molar-refractivity contribution in [3.05, 3.63) is 40.0 Å². The van der Waals surface area contributed by atoms with Crippen LogP contribution in [0, 0.1) is 13.8 Å². The number of carbonyl (C=O) groups excluding carboxylic acids is 3. The second-order valence-electron chi connectivity index (χ2n) is 5.89. The van der Waals surface area contributed by atoms with Gasteiger partial charge in [0.2, 0.25) is 11.6 Å². The van der Waals surface area contributed by atoms with Crippen molar-refractivity contribution in [1.82, 2.24) is 25.2 Å². The Labute approximate surface area is 158 Å². The van der Waals surface area contributed by atoms with Gasteiger partial charge in [0.05, 0.1) is 10.6 Å². The smallest absolute Gasteiger partial charge is 0.330 e. The Kier molecular flexibility index (Phi) is 5.26. The van der Waals surface area contributed by atoms with Gasteiger partial charge >= 0.3 is 5.97 Å². The molecule has 1 N–H and O–H groups in total. The van der Waals surface area contributed by atoms with Crippen LogP contribution in [-0.2, 0) is 16.1 Å². The number of carbonyl (C=O) groups is 3. The highest BCUT2D eigenvalue weighted by Gasteiger charge is 2.21. The maximum Gasteiger partial charge on any atom is 0.330 e. The molecule has 3 rings (SSSR count). The number of Topliss-reactive ketones (excluding diaryl/α,β-unsaturated/α-hetero) is 2. The Morgan fingerprint density at radius 2 is 2.07 bits per heavy atom. The summed E-state index contributed by atoms with van der Waals surface area (Å²) in [5, 5.41) is 13.7. The molecule has 0 saturated heterocycles. The quantitative estimate of drug-likeness (QED) is 0.486. The summed E-state index contributed by atoms with van der Waals surface area (Å²) in [5.74, 6) is -0.785. The van der Waals surface area contributed by atoms with Crippen LogP contribution in [0.3, 0.4) is 0 Å². The highest BCUT2D eigenvalue weighted by atomic mass is 32.1. The van der Waals surface area contributed by atoms with Crippen molar-refractivity contribution in [3.8, 4) is 10.7 Å². The van der Waals surface area contributed by atoms with Gasteiger partial charge in [0.1, 0.15) is 0 Å². The standard InChI is InChI=1S/C17H17N5O4S/c1-9-15(11(3)23)10(2)18-16(9)12(24)8-26-14(25)7-22-20-17(19-21-22)13-5-4-6-27-13/h4-6,18H,7-8H2,1-3H3. The number of thiophene rings is 1. The predicted molar refractivity (Wildman–Crippen MR) is 96.7 cm³/mol. The number of aromatic amines is 1. The molecule has 3 heterocycles. The zero-order valence-corrected chi connectivity index (χ0v) is 15.8. The number of H-pyrrole nitrogens is 1. The van der Waals surface area contributed by atoms with Gasteiger partial charge in [0.15, 0.2) is 18.9 Å². The summed E-state index contributed by atoms with van der Waals surface area (Å²) in [5.41, 5.74) is 1.92. The molecular weight excluding hydrogens is 370 g/mol. The normalized spacial score (nSPS) is 10.8. The second kappa shape index (κ2) is 7.62. The number of nitrogens with one attached hydrogen (secondary N) is 1. The molecule has 10 heteroatoms. The Balaban J connectivity index is 1.59. The Morgan fingerprint density at radius 1 is 1.30 bits per heavy atom. The summed E-state index contributed by atoms with van der Waals surface area (Å²) in [6, 6.07) is 3.71. The van der Waals surface area contributed by atoms with Gasteiger partial charge in [-0.15, -0.1) is 21.5 Å². The van der Waals surface area contributed by atoms with Crippen molar-refractivity contribution in [2.45, 2.75) is 27.3 Å². The Morgan fingerprint density at radius 3 is 2.70 bits per heavy atom. The first kappa shape index (κ1) is 18.6. The van der Waals surface area contributed by atoms with Crippen molar-refractivity contribution in [1.29, 1.82) is 0 Å². The summed E-state index contributed by atoms with van der Waals surface area (Å²) >= 11 is 1.46. The molecule has 140 valence electrons. The molecule has 0 amide bonds. The molecule has 0 aliphatic carbocycles. The number of hydrogen-bond acceptors (Lipinski definition) is 8. The van der Waals surface area contributed by atoms with E-state index in [1.54, 1.807) is 13.8 Å². The maximum absolute atomic E-state index is 12.3. The average molecular weight is 387 g/mol. The van der Waals surface area contributed by atoms with E-state index >= 15 is 0 Å². The van der Waals surface area contributed by atoms with Crippen LogP contribution in [0.1, 0.15) is 39.0 Å². The predicted octanol–water partition coefficient (Wildman–Crippen LogP) is 1.98. The number of esters is 1. The first-order valence-corrected chi connectivity index (χ1v) is 8.95. The molecule has 0 aliphatic rings. The number of nitrogens with zero attached hydrogens (tertiary/aromatic N) is 4. The largest absolute Gasteiger partial charge is 0.456 e. The van der Waals surface area contributed by atoms with E-state index in [4.69, 9.17) is 4.74 Å². The minimum atomic E-state index is -0.661. The van der Waals surface area contributed by atoms with Gasteiger partial charge in [0, 0.05) is 11.3 Å². The summed E-state index contributed by atoms with van der Waals surface area (Å²) in [4.78, 5) is 40.7. The molecule has 0 bridgehead atoms. The fourth-order valence-corrected chi connectivity index (χ4v) is 3.40. The lowest BCUT2D eigenvalue weighted by atomic mass is 10.1. The topological polar surface area (TPSA) is 120 Å². The van der Waals surface area contributed by atoms with Crippen molar-refractivity contribution in [2.75, 3.05) is 6.61 Å². The minimum Gasteiger partial charge on any atom is -0.456 e. The molecule has 27 heavy (non-hydrogen) atoms. The summed E-state index contributed by atoms with van der Waals surface area (Å²) in [7, 11) is 0. The van der Waals surface area contributed by atoms with E-state index in [1.807, 2.05) is 17.5 Å². The Hall–Kier alpha value is -3.14. The number of aromatic nitrogens is 5. The van der Waals surface area contributed by atoms with Crippen LogP contribution in [0.2, 0.25) is 0 Å². The molecule has 9 nitrogen and oxygen atoms in total. The molecular formula is C17H17N5O4S. The second-order valence-corrected chi connectivity index (χ2v) is 6.83. The number of tetrazole rings is 1. The third-order valence-corrected chi connectivity index (χ3v) is 4.76. The SMILES string of the molecule is CC(=O)c1c(C)[nH]c(C(=O)COC(=O)Cn2nnc(-c3cccs3)n2)c1C. The summed E-state index contributed by atoms with van der Waals surface area (Å²) < 4.78 is 5.01. The number of aryl methyl sites for hydroxylation is 1. The third-order valence-electron chi connectivity index (χ3n) is 3.90. The van der Waals surface area contributed by atoms with Crippen LogP contribution in [0.4, 0.5) is 0 Å². The number of rotatable bonds is 7. The van der Waals surface area contributed by atoms with E-state index in [0.717, 1.165) is 9.67 Å². The van der Waals surface area contributed by atoms with Crippen molar-refractivity contribution >= 4 is 28.9 Å². The van der Waals surface area contributed by atoms with Gasteiger partial charge in [-0.05, 0) is 43.0 Å². The van der Waals surface area contributed by atoms with Gasteiger partial charge in [-0.2, -0.15) is 4.80 Å². The summed E-state index contributed by atoms with van der Waals surface area (Å²) in [6.07, 6.45) is 0. The highest BCUT2D eigenvalue weighted by Crippen LogP contribution is 2.20.